The fourth-order valence-electron chi connectivity index (χ4n) is 12.3. The first-order chi connectivity index (χ1) is 47.6. The van der Waals surface area contributed by atoms with Crippen molar-refractivity contribution in [1.29, 1.82) is 0 Å². The number of carboxylic acids is 1. The largest absolute Gasteiger partial charge is 0.545 e. The Hall–Kier alpha value is -3.53. The number of aliphatic carboxylic acids is 1. The first-order valence-corrected chi connectivity index (χ1v) is 41.7. The summed E-state index contributed by atoms with van der Waals surface area (Å²) in [5.41, 5.74) is 0. The lowest BCUT2D eigenvalue weighted by atomic mass is 10.0. The number of ether oxygens (including phenoxy) is 4. The highest BCUT2D eigenvalue weighted by molar-refractivity contribution is 5.70. The number of allylic oxidation sites excluding steroid dienone is 14. The quantitative estimate of drug-likeness (QED) is 0.0195. The first-order valence-electron chi connectivity index (χ1n) is 41.7. The molecule has 0 radical (unpaired) electrons. The van der Waals surface area contributed by atoms with Crippen molar-refractivity contribution in [3.8, 4) is 0 Å². The Labute approximate surface area is 601 Å². The third-order valence-electron chi connectivity index (χ3n) is 18.7. The number of hydrogen-bond donors (Lipinski definition) is 0. The van der Waals surface area contributed by atoms with Crippen molar-refractivity contribution in [2.45, 2.75) is 411 Å². The second-order valence-corrected chi connectivity index (χ2v) is 29.4. The second kappa shape index (κ2) is 78.2. The molecule has 0 aromatic carbocycles. The van der Waals surface area contributed by atoms with Crippen LogP contribution < -0.4 is 5.11 Å². The van der Waals surface area contributed by atoms with Crippen molar-refractivity contribution in [1.82, 2.24) is 0 Å². The van der Waals surface area contributed by atoms with Crippen LogP contribution in [0.15, 0.2) is 85.1 Å². The molecule has 9 heteroatoms. The molecule has 0 saturated heterocycles. The van der Waals surface area contributed by atoms with E-state index < -0.39 is 24.3 Å². The second-order valence-electron chi connectivity index (χ2n) is 29.4. The lowest BCUT2D eigenvalue weighted by Gasteiger charge is -2.26. The van der Waals surface area contributed by atoms with E-state index in [0.29, 0.717) is 23.9 Å². The molecule has 0 rings (SSSR count). The molecule has 2 unspecified atom stereocenters. The van der Waals surface area contributed by atoms with Crippen LogP contribution in [0.5, 0.6) is 0 Å². The molecule has 0 bridgehead atoms. The third-order valence-corrected chi connectivity index (χ3v) is 18.7. The van der Waals surface area contributed by atoms with E-state index in [2.05, 4.69) is 98.9 Å². The number of carbonyl (C=O) groups excluding carboxylic acids is 3. The molecule has 0 aliphatic heterocycles. The van der Waals surface area contributed by atoms with E-state index in [9.17, 15) is 19.5 Å². The van der Waals surface area contributed by atoms with Crippen LogP contribution in [-0.2, 0) is 33.3 Å². The number of carboxylic acid groups (broad SMARTS) is 1. The average Bonchev–Trinajstić information content (AvgIpc) is 2.39. The van der Waals surface area contributed by atoms with Crippen molar-refractivity contribution in [2.75, 3.05) is 47.5 Å². The number of unbranched alkanes of at least 4 members (excludes halogenated alkanes) is 49. The number of nitrogens with zero attached hydrogens (tertiary/aromatic N) is 1. The van der Waals surface area contributed by atoms with Gasteiger partial charge in [-0.3, -0.25) is 9.59 Å². The molecule has 564 valence electrons. The summed E-state index contributed by atoms with van der Waals surface area (Å²) in [5.74, 6) is -2.26. The van der Waals surface area contributed by atoms with Crippen molar-refractivity contribution in [3.63, 3.8) is 0 Å². The summed E-state index contributed by atoms with van der Waals surface area (Å²) in [6.07, 6.45) is 104. The molecule has 0 N–H and O–H groups in total. The summed E-state index contributed by atoms with van der Waals surface area (Å²) in [5, 5.41) is 11.9. The van der Waals surface area contributed by atoms with E-state index >= 15 is 0 Å². The first kappa shape index (κ1) is 93.5. The number of hydrogen-bond acceptors (Lipinski definition) is 8. The number of likely N-dealkylation sites (N-methyl/N-ethyl adjacent to an activating group) is 1. The molecule has 9 nitrogen and oxygen atoms in total. The summed E-state index contributed by atoms with van der Waals surface area (Å²) in [4.78, 5) is 37.6. The Bertz CT molecular complexity index is 1870. The molecular formula is C88H159NO8. The van der Waals surface area contributed by atoms with E-state index in [0.717, 1.165) is 77.0 Å². The van der Waals surface area contributed by atoms with Gasteiger partial charge in [0.25, 0.3) is 0 Å². The molecule has 0 saturated carbocycles. The number of quaternary nitrogens is 1. The lowest BCUT2D eigenvalue weighted by molar-refractivity contribution is -0.870. The van der Waals surface area contributed by atoms with Crippen molar-refractivity contribution in [2.24, 2.45) is 0 Å². The van der Waals surface area contributed by atoms with E-state index in [4.69, 9.17) is 18.9 Å². The summed E-state index contributed by atoms with van der Waals surface area (Å²) < 4.78 is 22.9. The van der Waals surface area contributed by atoms with Gasteiger partial charge in [0.05, 0.1) is 40.3 Å². The van der Waals surface area contributed by atoms with Gasteiger partial charge in [-0.25, -0.2) is 0 Å². The molecule has 0 heterocycles. The predicted octanol–water partition coefficient (Wildman–Crippen LogP) is 25.6. The van der Waals surface area contributed by atoms with Gasteiger partial charge in [-0.1, -0.05) is 401 Å². The van der Waals surface area contributed by atoms with Gasteiger partial charge < -0.3 is 33.3 Å². The molecule has 0 fully saturated rings. The van der Waals surface area contributed by atoms with Crippen LogP contribution in [0, 0.1) is 0 Å². The minimum absolute atomic E-state index is 0.148. The Morgan fingerprint density at radius 2 is 0.588 bits per heavy atom. The monoisotopic (exact) mass is 1360 g/mol. The molecule has 0 amide bonds. The normalized spacial score (nSPS) is 13.0. The fourth-order valence-corrected chi connectivity index (χ4v) is 12.3. The van der Waals surface area contributed by atoms with E-state index in [-0.39, 0.29) is 32.2 Å². The van der Waals surface area contributed by atoms with Gasteiger partial charge in [-0.2, -0.15) is 0 Å². The number of rotatable bonds is 78. The summed E-state index contributed by atoms with van der Waals surface area (Å²) >= 11 is 0. The van der Waals surface area contributed by atoms with Gasteiger partial charge in [0, 0.05) is 12.8 Å². The Balaban J connectivity index is 3.98. The fraction of sp³-hybridized carbons (Fsp3) is 0.807. The Morgan fingerprint density at radius 1 is 0.320 bits per heavy atom. The van der Waals surface area contributed by atoms with Gasteiger partial charge >= 0.3 is 11.9 Å². The van der Waals surface area contributed by atoms with Crippen LogP contribution in [0.1, 0.15) is 399 Å². The summed E-state index contributed by atoms with van der Waals surface area (Å²) in [6, 6.07) is 0. The van der Waals surface area contributed by atoms with Crippen molar-refractivity contribution in [3.05, 3.63) is 85.1 Å². The van der Waals surface area contributed by atoms with E-state index in [1.165, 1.54) is 289 Å². The van der Waals surface area contributed by atoms with Gasteiger partial charge in [0.1, 0.15) is 13.2 Å². The molecule has 2 atom stereocenters. The van der Waals surface area contributed by atoms with Crippen LogP contribution in [0.25, 0.3) is 0 Å². The molecule has 97 heavy (non-hydrogen) atoms. The standard InChI is InChI=1S/C88H159NO8/c1-6-8-10-12-14-16-18-20-22-24-26-28-30-32-34-36-38-40-41-42-43-44-45-47-49-51-53-55-57-59-61-63-65-67-69-71-73-75-77-79-86(91)97-84(83-96-88(87(92)93)94-81-80-89(3,4)5)82-95-85(90)78-76-74-72-70-68-66-64-62-60-58-56-54-52-50-48-46-39-37-35-33-31-29-27-25-23-21-19-17-15-13-11-9-7-2/h8,10,14,16,20,22,26,28,32,34,38,40,42-43,84,88H,6-7,9,11-13,15,17-19,21,23-25,27,29-31,33,35-37,39,41,44-83H2,1-5H3/b10-8-,16-14-,22-20-,28-26-,34-32-,40-38-,43-42-. The van der Waals surface area contributed by atoms with E-state index in [1.807, 2.05) is 21.1 Å². The maximum Gasteiger partial charge on any atom is 0.306 e. The molecule has 0 aliphatic rings. The minimum Gasteiger partial charge on any atom is -0.545 e. The average molecular weight is 1360 g/mol. The maximum atomic E-state index is 13.0. The van der Waals surface area contributed by atoms with E-state index in [1.54, 1.807) is 0 Å². The lowest BCUT2D eigenvalue weighted by Crippen LogP contribution is -2.44. The van der Waals surface area contributed by atoms with Crippen LogP contribution in [0.4, 0.5) is 0 Å². The molecule has 0 aromatic heterocycles. The van der Waals surface area contributed by atoms with Gasteiger partial charge in [0.15, 0.2) is 12.4 Å². The topological polar surface area (TPSA) is 111 Å². The Kier molecular flexibility index (Phi) is 75.3. The zero-order chi connectivity index (χ0) is 70.4. The minimum atomic E-state index is -1.62. The molecule has 0 aliphatic carbocycles. The highest BCUT2D eigenvalue weighted by Crippen LogP contribution is 2.20. The zero-order valence-electron chi connectivity index (χ0n) is 64.7. The van der Waals surface area contributed by atoms with Crippen LogP contribution in [0.2, 0.25) is 0 Å². The predicted molar refractivity (Wildman–Crippen MR) is 417 cm³/mol. The third kappa shape index (κ3) is 79.7. The van der Waals surface area contributed by atoms with Crippen LogP contribution in [0.3, 0.4) is 0 Å². The smallest absolute Gasteiger partial charge is 0.306 e. The SMILES string of the molecule is CC/C=C\C/C=C\C/C=C\C/C=C\C/C=C\C/C=C\C/C=C\CCCCCCCCCCCCCCCCCCCC(=O)OC(COC(=O)CCCCCCCCCCCCCCCCCCCCCCCCCCCCCCCCCCC)COC(OCC[N+](C)(C)C)C(=O)[O-]. The van der Waals surface area contributed by atoms with Crippen LogP contribution >= 0.6 is 0 Å². The highest BCUT2D eigenvalue weighted by atomic mass is 16.7. The molecule has 0 spiro atoms. The van der Waals surface area contributed by atoms with Crippen molar-refractivity contribution >= 4 is 17.9 Å². The number of esters is 2. The Morgan fingerprint density at radius 3 is 0.876 bits per heavy atom. The molecular weight excluding hydrogens is 1200 g/mol. The number of carbonyl (C=O) groups is 3. The zero-order valence-corrected chi connectivity index (χ0v) is 64.7. The maximum absolute atomic E-state index is 13.0. The highest BCUT2D eigenvalue weighted by Gasteiger charge is 2.22. The van der Waals surface area contributed by atoms with Crippen molar-refractivity contribution < 1.29 is 42.9 Å². The van der Waals surface area contributed by atoms with Gasteiger partial charge in [0.2, 0.25) is 0 Å². The van der Waals surface area contributed by atoms with Gasteiger partial charge in [-0.15, -0.1) is 0 Å². The summed E-state index contributed by atoms with van der Waals surface area (Å²) in [6.45, 7) is 4.70. The van der Waals surface area contributed by atoms with Gasteiger partial charge in [-0.05, 0) is 70.6 Å². The van der Waals surface area contributed by atoms with Crippen LogP contribution in [-0.4, -0.2) is 82.3 Å². The molecule has 0 aromatic rings. The summed E-state index contributed by atoms with van der Waals surface area (Å²) in [7, 11) is 5.95.